The summed E-state index contributed by atoms with van der Waals surface area (Å²) in [6.45, 7) is 4.09. The fourth-order valence-electron chi connectivity index (χ4n) is 1.97. The van der Waals surface area contributed by atoms with Gasteiger partial charge in [0.25, 0.3) is 0 Å². The van der Waals surface area contributed by atoms with Crippen molar-refractivity contribution in [1.29, 1.82) is 0 Å². The van der Waals surface area contributed by atoms with Crippen LogP contribution in [0.25, 0.3) is 0 Å². The zero-order valence-corrected chi connectivity index (χ0v) is 15.1. The number of carbonyl (C=O) groups excluding carboxylic acids is 1. The Balaban J connectivity index is 1.94. The fourth-order valence-corrected chi connectivity index (χ4v) is 3.63. The standard InChI is InChI=1S/C16H19ClN2OS2/c1-3-21-8-7-14(20)19-16-18-10-13(22-16)9-12-6-4-5-11(2)15(12)17/h4-6,10H,3,7-9H2,1-2H3,(H,18,19,20). The number of benzene rings is 1. The van der Waals surface area contributed by atoms with Crippen LogP contribution in [0.4, 0.5) is 5.13 Å². The SMILES string of the molecule is CCSCCC(=O)Nc1ncc(Cc2cccc(C)c2Cl)s1. The van der Waals surface area contributed by atoms with Crippen LogP contribution < -0.4 is 5.32 Å². The molecule has 22 heavy (non-hydrogen) atoms. The summed E-state index contributed by atoms with van der Waals surface area (Å²) < 4.78 is 0. The quantitative estimate of drug-likeness (QED) is 0.728. The fraction of sp³-hybridized carbons (Fsp3) is 0.375. The number of nitrogens with one attached hydrogen (secondary N) is 1. The minimum absolute atomic E-state index is 0.0236. The molecule has 0 radical (unpaired) electrons. The molecule has 1 N–H and O–H groups in total. The van der Waals surface area contributed by atoms with Crippen molar-refractivity contribution in [2.75, 3.05) is 16.8 Å². The van der Waals surface area contributed by atoms with Crippen LogP contribution in [0, 0.1) is 6.92 Å². The molecule has 0 bridgehead atoms. The largest absolute Gasteiger partial charge is 0.302 e. The van der Waals surface area contributed by atoms with Crippen molar-refractivity contribution in [3.05, 3.63) is 45.4 Å². The van der Waals surface area contributed by atoms with Crippen LogP contribution >= 0.6 is 34.7 Å². The van der Waals surface area contributed by atoms with E-state index in [4.69, 9.17) is 11.6 Å². The highest BCUT2D eigenvalue weighted by Crippen LogP contribution is 2.26. The average molecular weight is 355 g/mol. The number of hydrogen-bond donors (Lipinski definition) is 1. The van der Waals surface area contributed by atoms with Gasteiger partial charge in [-0.05, 0) is 23.8 Å². The minimum atomic E-state index is 0.0236. The van der Waals surface area contributed by atoms with Crippen molar-refractivity contribution in [2.45, 2.75) is 26.7 Å². The Morgan fingerprint density at radius 3 is 3.05 bits per heavy atom. The number of carbonyl (C=O) groups is 1. The van der Waals surface area contributed by atoms with E-state index in [0.717, 1.165) is 39.0 Å². The molecule has 6 heteroatoms. The van der Waals surface area contributed by atoms with Gasteiger partial charge in [-0.1, -0.05) is 36.7 Å². The topological polar surface area (TPSA) is 42.0 Å². The van der Waals surface area contributed by atoms with Crippen molar-refractivity contribution in [2.24, 2.45) is 0 Å². The van der Waals surface area contributed by atoms with E-state index >= 15 is 0 Å². The van der Waals surface area contributed by atoms with Gasteiger partial charge >= 0.3 is 0 Å². The van der Waals surface area contributed by atoms with E-state index in [1.54, 1.807) is 18.0 Å². The smallest absolute Gasteiger partial charge is 0.226 e. The van der Waals surface area contributed by atoms with Crippen molar-refractivity contribution in [1.82, 2.24) is 4.98 Å². The van der Waals surface area contributed by atoms with E-state index < -0.39 is 0 Å². The lowest BCUT2D eigenvalue weighted by atomic mass is 10.1. The van der Waals surface area contributed by atoms with Crippen molar-refractivity contribution in [3.63, 3.8) is 0 Å². The molecule has 1 aromatic carbocycles. The molecule has 1 heterocycles. The normalized spacial score (nSPS) is 10.7. The molecule has 0 saturated heterocycles. The average Bonchev–Trinajstić information content (AvgIpc) is 2.91. The van der Waals surface area contributed by atoms with Gasteiger partial charge in [-0.25, -0.2) is 4.98 Å². The molecule has 0 aliphatic carbocycles. The van der Waals surface area contributed by atoms with Crippen LogP contribution in [0.2, 0.25) is 5.02 Å². The molecule has 0 aliphatic heterocycles. The summed E-state index contributed by atoms with van der Waals surface area (Å²) in [6, 6.07) is 6.03. The molecule has 2 rings (SSSR count). The summed E-state index contributed by atoms with van der Waals surface area (Å²) in [5, 5.41) is 4.32. The predicted octanol–water partition coefficient (Wildman–Crippen LogP) is 4.78. The maximum absolute atomic E-state index is 11.8. The molecule has 1 aromatic heterocycles. The van der Waals surface area contributed by atoms with Gasteiger partial charge < -0.3 is 5.32 Å². The summed E-state index contributed by atoms with van der Waals surface area (Å²) in [4.78, 5) is 17.1. The molecular weight excluding hydrogens is 336 g/mol. The van der Waals surface area contributed by atoms with Crippen LogP contribution in [-0.2, 0) is 11.2 Å². The molecule has 0 saturated carbocycles. The van der Waals surface area contributed by atoms with E-state index in [0.29, 0.717) is 11.6 Å². The lowest BCUT2D eigenvalue weighted by molar-refractivity contribution is -0.115. The van der Waals surface area contributed by atoms with Crippen molar-refractivity contribution in [3.8, 4) is 0 Å². The summed E-state index contributed by atoms with van der Waals surface area (Å²) in [5.74, 6) is 1.90. The molecule has 0 spiro atoms. The molecule has 1 amide bonds. The van der Waals surface area contributed by atoms with Gasteiger partial charge in [0.2, 0.25) is 5.91 Å². The first-order valence-corrected chi connectivity index (χ1v) is 9.51. The number of hydrogen-bond acceptors (Lipinski definition) is 4. The number of amides is 1. The Hall–Kier alpha value is -1.04. The lowest BCUT2D eigenvalue weighted by Crippen LogP contribution is -2.11. The lowest BCUT2D eigenvalue weighted by Gasteiger charge is -2.04. The second-order valence-corrected chi connectivity index (χ2v) is 7.74. The zero-order chi connectivity index (χ0) is 15.9. The number of thioether (sulfide) groups is 1. The molecule has 3 nitrogen and oxygen atoms in total. The molecule has 2 aromatic rings. The third-order valence-electron chi connectivity index (χ3n) is 3.11. The van der Waals surface area contributed by atoms with Gasteiger partial charge in [0.15, 0.2) is 5.13 Å². The highest BCUT2D eigenvalue weighted by Gasteiger charge is 2.09. The first-order chi connectivity index (χ1) is 10.6. The Bertz CT molecular complexity index is 643. The Kier molecular flexibility index (Phi) is 6.73. The minimum Gasteiger partial charge on any atom is -0.302 e. The predicted molar refractivity (Wildman–Crippen MR) is 97.4 cm³/mol. The van der Waals surface area contributed by atoms with Gasteiger partial charge in [-0.3, -0.25) is 4.79 Å². The van der Waals surface area contributed by atoms with Gasteiger partial charge in [-0.2, -0.15) is 11.8 Å². The highest BCUT2D eigenvalue weighted by atomic mass is 35.5. The van der Waals surface area contributed by atoms with Gasteiger partial charge in [0.1, 0.15) is 0 Å². The van der Waals surface area contributed by atoms with Crippen LogP contribution in [0.5, 0.6) is 0 Å². The number of rotatable bonds is 7. The number of aryl methyl sites for hydroxylation is 1. The Morgan fingerprint density at radius 2 is 2.27 bits per heavy atom. The van der Waals surface area contributed by atoms with Crippen LogP contribution in [0.1, 0.15) is 29.3 Å². The summed E-state index contributed by atoms with van der Waals surface area (Å²) in [7, 11) is 0. The van der Waals surface area contributed by atoms with E-state index in [2.05, 4.69) is 17.2 Å². The van der Waals surface area contributed by atoms with Gasteiger partial charge in [0.05, 0.1) is 0 Å². The van der Waals surface area contributed by atoms with Crippen LogP contribution in [0.3, 0.4) is 0 Å². The molecule has 0 aliphatic rings. The van der Waals surface area contributed by atoms with Crippen LogP contribution in [0.15, 0.2) is 24.4 Å². The van der Waals surface area contributed by atoms with Crippen molar-refractivity contribution < 1.29 is 4.79 Å². The Labute approximate surface area is 144 Å². The number of aromatic nitrogens is 1. The Morgan fingerprint density at radius 1 is 1.45 bits per heavy atom. The van der Waals surface area contributed by atoms with E-state index in [1.807, 2.05) is 25.1 Å². The van der Waals surface area contributed by atoms with E-state index in [-0.39, 0.29) is 5.91 Å². The second-order valence-electron chi connectivity index (χ2n) is 4.85. The third kappa shape index (κ3) is 5.00. The first-order valence-electron chi connectivity index (χ1n) is 7.16. The van der Waals surface area contributed by atoms with E-state index in [9.17, 15) is 4.79 Å². The summed E-state index contributed by atoms with van der Waals surface area (Å²) in [6.07, 6.45) is 3.07. The monoisotopic (exact) mass is 354 g/mol. The number of halogens is 1. The summed E-state index contributed by atoms with van der Waals surface area (Å²) in [5.41, 5.74) is 2.16. The highest BCUT2D eigenvalue weighted by molar-refractivity contribution is 7.99. The van der Waals surface area contributed by atoms with Gasteiger partial charge in [-0.15, -0.1) is 11.3 Å². The molecule has 0 fully saturated rings. The van der Waals surface area contributed by atoms with Gasteiger partial charge in [0, 0.05) is 34.7 Å². The molecule has 0 atom stereocenters. The number of nitrogens with zero attached hydrogens (tertiary/aromatic N) is 1. The third-order valence-corrected chi connectivity index (χ3v) is 5.47. The van der Waals surface area contributed by atoms with Crippen LogP contribution in [-0.4, -0.2) is 22.4 Å². The number of thiazole rings is 1. The van der Waals surface area contributed by atoms with E-state index in [1.165, 1.54) is 11.3 Å². The molecule has 118 valence electrons. The molecular formula is C16H19ClN2OS2. The molecule has 0 unspecified atom stereocenters. The second kappa shape index (κ2) is 8.56. The maximum Gasteiger partial charge on any atom is 0.226 e. The van der Waals surface area contributed by atoms with Crippen molar-refractivity contribution >= 4 is 45.7 Å². The number of anilines is 1. The zero-order valence-electron chi connectivity index (χ0n) is 12.7. The maximum atomic E-state index is 11.8. The summed E-state index contributed by atoms with van der Waals surface area (Å²) >= 11 is 9.58. The first kappa shape index (κ1) is 17.3.